The van der Waals surface area contributed by atoms with E-state index in [4.69, 9.17) is 10.5 Å². The number of nitrogens with two attached hydrogens (primary N) is 1. The molecule has 1 unspecified atom stereocenters. The van der Waals surface area contributed by atoms with Gasteiger partial charge in [-0.2, -0.15) is 0 Å². The molecule has 6 heteroatoms. The molecule has 1 atom stereocenters. The maximum absolute atomic E-state index is 11.7. The SMILES string of the molecule is COc1ccc(C(N)=O)c(NC(C)CN2CCN(c3ccccc3)CC2)c1. The van der Waals surface area contributed by atoms with Crippen molar-refractivity contribution in [2.75, 3.05) is 50.1 Å². The summed E-state index contributed by atoms with van der Waals surface area (Å²) in [5, 5.41) is 3.42. The Morgan fingerprint density at radius 1 is 1.15 bits per heavy atom. The molecular weight excluding hydrogens is 340 g/mol. The molecule has 0 spiro atoms. The molecule has 144 valence electrons. The Hall–Kier alpha value is -2.73. The molecular formula is C21H28N4O2. The average molecular weight is 368 g/mol. The Labute approximate surface area is 160 Å². The van der Waals surface area contributed by atoms with E-state index in [0.29, 0.717) is 11.3 Å². The third kappa shape index (κ3) is 4.92. The van der Waals surface area contributed by atoms with Crippen molar-refractivity contribution < 1.29 is 9.53 Å². The van der Waals surface area contributed by atoms with Crippen LogP contribution in [0.4, 0.5) is 11.4 Å². The van der Waals surface area contributed by atoms with Gasteiger partial charge in [0.1, 0.15) is 5.75 Å². The van der Waals surface area contributed by atoms with Crippen LogP contribution in [0.25, 0.3) is 0 Å². The number of hydrogen-bond acceptors (Lipinski definition) is 5. The van der Waals surface area contributed by atoms with Crippen LogP contribution >= 0.6 is 0 Å². The minimum absolute atomic E-state index is 0.179. The predicted molar refractivity (Wildman–Crippen MR) is 110 cm³/mol. The molecule has 2 aromatic rings. The highest BCUT2D eigenvalue weighted by Crippen LogP contribution is 2.23. The fourth-order valence-corrected chi connectivity index (χ4v) is 3.51. The molecule has 0 bridgehead atoms. The van der Waals surface area contributed by atoms with Crippen LogP contribution in [0.1, 0.15) is 17.3 Å². The molecule has 0 aromatic heterocycles. The van der Waals surface area contributed by atoms with E-state index >= 15 is 0 Å². The lowest BCUT2D eigenvalue weighted by Crippen LogP contribution is -2.49. The summed E-state index contributed by atoms with van der Waals surface area (Å²) in [6, 6.07) is 16.0. The summed E-state index contributed by atoms with van der Waals surface area (Å²) in [7, 11) is 1.61. The first-order valence-corrected chi connectivity index (χ1v) is 9.33. The van der Waals surface area contributed by atoms with Crippen molar-refractivity contribution in [1.29, 1.82) is 0 Å². The first-order chi connectivity index (χ1) is 13.1. The lowest BCUT2D eigenvalue weighted by Gasteiger charge is -2.37. The van der Waals surface area contributed by atoms with E-state index in [1.165, 1.54) is 5.69 Å². The van der Waals surface area contributed by atoms with Crippen LogP contribution < -0.4 is 20.7 Å². The van der Waals surface area contributed by atoms with Gasteiger partial charge >= 0.3 is 0 Å². The molecule has 27 heavy (non-hydrogen) atoms. The number of carbonyl (C=O) groups excluding carboxylic acids is 1. The standard InChI is InChI=1S/C21H28N4O2/c1-16(23-20-14-18(27-2)8-9-19(20)21(22)26)15-24-10-12-25(13-11-24)17-6-4-3-5-7-17/h3-9,14,16,23H,10-13,15H2,1-2H3,(H2,22,26). The number of methoxy groups -OCH3 is 1. The minimum atomic E-state index is -0.441. The first kappa shape index (κ1) is 19.0. The monoisotopic (exact) mass is 368 g/mol. The zero-order chi connectivity index (χ0) is 19.2. The summed E-state index contributed by atoms with van der Waals surface area (Å²) in [5.41, 5.74) is 7.99. The second kappa shape index (κ2) is 8.77. The van der Waals surface area contributed by atoms with Gasteiger partial charge in [0.15, 0.2) is 0 Å². The summed E-state index contributed by atoms with van der Waals surface area (Å²) in [5.74, 6) is 0.259. The average Bonchev–Trinajstić information content (AvgIpc) is 2.69. The normalized spacial score (nSPS) is 16.0. The van der Waals surface area contributed by atoms with E-state index in [-0.39, 0.29) is 6.04 Å². The number of hydrogen-bond donors (Lipinski definition) is 2. The predicted octanol–water partition coefficient (Wildman–Crippen LogP) is 2.42. The van der Waals surface area contributed by atoms with Crippen LogP contribution in [0.2, 0.25) is 0 Å². The van der Waals surface area contributed by atoms with E-state index in [1.54, 1.807) is 19.2 Å². The molecule has 2 aromatic carbocycles. The van der Waals surface area contributed by atoms with Gasteiger partial charge in [-0.1, -0.05) is 18.2 Å². The van der Waals surface area contributed by atoms with E-state index < -0.39 is 5.91 Å². The number of nitrogens with zero attached hydrogens (tertiary/aromatic N) is 2. The van der Waals surface area contributed by atoms with Crippen LogP contribution in [0.3, 0.4) is 0 Å². The number of piperazine rings is 1. The molecule has 1 amide bonds. The van der Waals surface area contributed by atoms with Crippen LogP contribution in [-0.4, -0.2) is 56.7 Å². The number of para-hydroxylation sites is 1. The highest BCUT2D eigenvalue weighted by molar-refractivity contribution is 5.98. The Kier molecular flexibility index (Phi) is 6.19. The molecule has 3 rings (SSSR count). The van der Waals surface area contributed by atoms with E-state index in [2.05, 4.69) is 46.3 Å². The Bertz CT molecular complexity index is 758. The van der Waals surface area contributed by atoms with Crippen molar-refractivity contribution in [2.24, 2.45) is 5.73 Å². The topological polar surface area (TPSA) is 70.8 Å². The summed E-state index contributed by atoms with van der Waals surface area (Å²) in [6.07, 6.45) is 0. The number of amides is 1. The second-order valence-electron chi connectivity index (χ2n) is 6.94. The molecule has 1 aliphatic rings. The Morgan fingerprint density at radius 3 is 2.48 bits per heavy atom. The molecule has 0 radical (unpaired) electrons. The van der Waals surface area contributed by atoms with E-state index in [1.807, 2.05) is 12.1 Å². The van der Waals surface area contributed by atoms with Gasteiger partial charge in [0.05, 0.1) is 18.4 Å². The number of primary amides is 1. The molecule has 1 aliphatic heterocycles. The van der Waals surface area contributed by atoms with Gasteiger partial charge in [0.25, 0.3) is 5.91 Å². The number of nitrogens with one attached hydrogen (secondary N) is 1. The fourth-order valence-electron chi connectivity index (χ4n) is 3.51. The van der Waals surface area contributed by atoms with Gasteiger partial charge in [-0.15, -0.1) is 0 Å². The molecule has 1 heterocycles. The largest absolute Gasteiger partial charge is 0.497 e. The van der Waals surface area contributed by atoms with E-state index in [0.717, 1.165) is 38.4 Å². The second-order valence-corrected chi connectivity index (χ2v) is 6.94. The summed E-state index contributed by atoms with van der Waals surface area (Å²) >= 11 is 0. The zero-order valence-electron chi connectivity index (χ0n) is 16.0. The van der Waals surface area contributed by atoms with Gasteiger partial charge in [0, 0.05) is 50.5 Å². The maximum atomic E-state index is 11.7. The number of ether oxygens (including phenoxy) is 1. The molecule has 6 nitrogen and oxygen atoms in total. The summed E-state index contributed by atoms with van der Waals surface area (Å²) in [4.78, 5) is 16.6. The van der Waals surface area contributed by atoms with Gasteiger partial charge in [-0.3, -0.25) is 9.69 Å². The van der Waals surface area contributed by atoms with Crippen LogP contribution in [0, 0.1) is 0 Å². The van der Waals surface area contributed by atoms with Gasteiger partial charge in [-0.05, 0) is 31.2 Å². The zero-order valence-corrected chi connectivity index (χ0v) is 16.0. The minimum Gasteiger partial charge on any atom is -0.497 e. The van der Waals surface area contributed by atoms with Crippen LogP contribution in [0.15, 0.2) is 48.5 Å². The number of anilines is 2. The summed E-state index contributed by atoms with van der Waals surface area (Å²) in [6.45, 7) is 7.08. The van der Waals surface area contributed by atoms with Gasteiger partial charge in [0.2, 0.25) is 0 Å². The van der Waals surface area contributed by atoms with Crippen molar-refractivity contribution in [3.05, 3.63) is 54.1 Å². The Morgan fingerprint density at radius 2 is 1.85 bits per heavy atom. The Balaban J connectivity index is 1.56. The van der Waals surface area contributed by atoms with Crippen molar-refractivity contribution in [3.63, 3.8) is 0 Å². The maximum Gasteiger partial charge on any atom is 0.250 e. The van der Waals surface area contributed by atoms with Crippen molar-refractivity contribution in [3.8, 4) is 5.75 Å². The summed E-state index contributed by atoms with van der Waals surface area (Å²) < 4.78 is 5.27. The molecule has 0 saturated carbocycles. The van der Waals surface area contributed by atoms with E-state index in [9.17, 15) is 4.79 Å². The fraction of sp³-hybridized carbons (Fsp3) is 0.381. The van der Waals surface area contributed by atoms with Crippen molar-refractivity contribution in [2.45, 2.75) is 13.0 Å². The van der Waals surface area contributed by atoms with Crippen molar-refractivity contribution in [1.82, 2.24) is 4.90 Å². The quantitative estimate of drug-likeness (QED) is 0.785. The molecule has 0 aliphatic carbocycles. The number of carbonyl (C=O) groups is 1. The third-order valence-corrected chi connectivity index (χ3v) is 4.92. The molecule has 1 fully saturated rings. The highest BCUT2D eigenvalue weighted by atomic mass is 16.5. The first-order valence-electron chi connectivity index (χ1n) is 9.33. The van der Waals surface area contributed by atoms with Crippen molar-refractivity contribution >= 4 is 17.3 Å². The lowest BCUT2D eigenvalue weighted by molar-refractivity contribution is 0.100. The van der Waals surface area contributed by atoms with Crippen LogP contribution in [-0.2, 0) is 0 Å². The van der Waals surface area contributed by atoms with Crippen LogP contribution in [0.5, 0.6) is 5.75 Å². The van der Waals surface area contributed by atoms with Gasteiger partial charge < -0.3 is 20.7 Å². The number of rotatable bonds is 7. The highest BCUT2D eigenvalue weighted by Gasteiger charge is 2.19. The van der Waals surface area contributed by atoms with Gasteiger partial charge in [-0.25, -0.2) is 0 Å². The molecule has 3 N–H and O–H groups in total. The smallest absolute Gasteiger partial charge is 0.250 e. The molecule has 1 saturated heterocycles. The third-order valence-electron chi connectivity index (χ3n) is 4.92. The lowest BCUT2D eigenvalue weighted by atomic mass is 10.1. The number of benzene rings is 2.